The molecule has 1 heterocycles. The van der Waals surface area contributed by atoms with Crippen LogP contribution in [0.4, 0.5) is 11.4 Å². The molecule has 0 aliphatic carbocycles. The van der Waals surface area contributed by atoms with Crippen LogP contribution in [-0.2, 0) is 0 Å². The van der Waals surface area contributed by atoms with Gasteiger partial charge in [0.2, 0.25) is 0 Å². The molecule has 0 amide bonds. The standard InChI is InChI=1S/C11H12N2/c1-12-10-7-3-5-9-6-4-8-13(2)11(9)10/h3-7H,1,8H2,2H3. The van der Waals surface area contributed by atoms with Gasteiger partial charge in [-0.05, 0) is 18.3 Å². The fourth-order valence-corrected chi connectivity index (χ4v) is 1.66. The van der Waals surface area contributed by atoms with Gasteiger partial charge in [0.1, 0.15) is 0 Å². The predicted octanol–water partition coefficient (Wildman–Crippen LogP) is 2.48. The van der Waals surface area contributed by atoms with Crippen molar-refractivity contribution in [2.24, 2.45) is 4.99 Å². The molecule has 0 aromatic heterocycles. The summed E-state index contributed by atoms with van der Waals surface area (Å²) in [6, 6.07) is 6.09. The Morgan fingerprint density at radius 2 is 2.31 bits per heavy atom. The average Bonchev–Trinajstić information content (AvgIpc) is 2.17. The summed E-state index contributed by atoms with van der Waals surface area (Å²) < 4.78 is 0. The summed E-state index contributed by atoms with van der Waals surface area (Å²) in [5.74, 6) is 0. The van der Waals surface area contributed by atoms with Crippen molar-refractivity contribution >= 4 is 24.2 Å². The molecule has 0 radical (unpaired) electrons. The second-order valence-corrected chi connectivity index (χ2v) is 3.16. The van der Waals surface area contributed by atoms with Crippen LogP contribution in [0.15, 0.2) is 29.3 Å². The van der Waals surface area contributed by atoms with E-state index >= 15 is 0 Å². The Bertz CT molecular complexity index is 366. The molecule has 0 unspecified atom stereocenters. The molecule has 2 rings (SSSR count). The quantitative estimate of drug-likeness (QED) is 0.594. The lowest BCUT2D eigenvalue weighted by molar-refractivity contribution is 1.02. The molecule has 0 fully saturated rings. The summed E-state index contributed by atoms with van der Waals surface area (Å²) in [4.78, 5) is 6.19. The monoisotopic (exact) mass is 172 g/mol. The van der Waals surface area contributed by atoms with Crippen LogP contribution in [0.1, 0.15) is 5.56 Å². The number of benzene rings is 1. The Labute approximate surface area is 78.2 Å². The second kappa shape index (κ2) is 3.05. The van der Waals surface area contributed by atoms with Gasteiger partial charge in [-0.3, -0.25) is 4.99 Å². The molecule has 1 aromatic carbocycles. The minimum absolute atomic E-state index is 0.944. The molecule has 1 aliphatic heterocycles. The number of likely N-dealkylation sites (N-methyl/N-ethyl adjacent to an activating group) is 1. The Morgan fingerprint density at radius 3 is 3.08 bits per heavy atom. The van der Waals surface area contributed by atoms with Gasteiger partial charge < -0.3 is 4.90 Å². The first kappa shape index (κ1) is 8.05. The summed E-state index contributed by atoms with van der Waals surface area (Å²) in [5, 5.41) is 0. The lowest BCUT2D eigenvalue weighted by Gasteiger charge is -2.24. The lowest BCUT2D eigenvalue weighted by atomic mass is 10.1. The minimum atomic E-state index is 0.944. The summed E-state index contributed by atoms with van der Waals surface area (Å²) in [6.07, 6.45) is 4.28. The third-order valence-corrected chi connectivity index (χ3v) is 2.27. The zero-order valence-electron chi connectivity index (χ0n) is 7.70. The number of anilines is 1. The van der Waals surface area contributed by atoms with Crippen LogP contribution in [0.5, 0.6) is 0 Å². The molecule has 0 spiro atoms. The van der Waals surface area contributed by atoms with Gasteiger partial charge in [0.05, 0.1) is 11.4 Å². The number of para-hydroxylation sites is 1. The van der Waals surface area contributed by atoms with Crippen molar-refractivity contribution in [2.75, 3.05) is 18.5 Å². The number of fused-ring (bicyclic) bond motifs is 1. The third-order valence-electron chi connectivity index (χ3n) is 2.27. The van der Waals surface area contributed by atoms with E-state index in [0.29, 0.717) is 0 Å². The zero-order valence-corrected chi connectivity index (χ0v) is 7.70. The van der Waals surface area contributed by atoms with Crippen molar-refractivity contribution < 1.29 is 0 Å². The highest BCUT2D eigenvalue weighted by Gasteiger charge is 2.12. The molecule has 0 atom stereocenters. The van der Waals surface area contributed by atoms with Gasteiger partial charge in [-0.2, -0.15) is 0 Å². The van der Waals surface area contributed by atoms with Crippen LogP contribution in [0.2, 0.25) is 0 Å². The fourth-order valence-electron chi connectivity index (χ4n) is 1.66. The van der Waals surface area contributed by atoms with Crippen LogP contribution >= 0.6 is 0 Å². The number of hydrogen-bond acceptors (Lipinski definition) is 2. The fraction of sp³-hybridized carbons (Fsp3) is 0.182. The van der Waals surface area contributed by atoms with Gasteiger partial charge in [0.15, 0.2) is 0 Å². The summed E-state index contributed by atoms with van der Waals surface area (Å²) in [6.45, 7) is 4.52. The average molecular weight is 172 g/mol. The second-order valence-electron chi connectivity index (χ2n) is 3.16. The Balaban J connectivity index is 2.64. The molecule has 0 N–H and O–H groups in total. The first-order chi connectivity index (χ1) is 6.33. The highest BCUT2D eigenvalue weighted by Crippen LogP contribution is 2.34. The van der Waals surface area contributed by atoms with Crippen LogP contribution in [0.3, 0.4) is 0 Å². The Kier molecular flexibility index (Phi) is 1.89. The maximum absolute atomic E-state index is 4.01. The van der Waals surface area contributed by atoms with Gasteiger partial charge >= 0.3 is 0 Å². The van der Waals surface area contributed by atoms with Gasteiger partial charge in [-0.15, -0.1) is 0 Å². The lowest BCUT2D eigenvalue weighted by Crippen LogP contribution is -2.20. The third kappa shape index (κ3) is 1.24. The smallest absolute Gasteiger partial charge is 0.0861 e. The van der Waals surface area contributed by atoms with Crippen molar-refractivity contribution in [1.29, 1.82) is 0 Å². The SMILES string of the molecule is C=Nc1cccc2c1N(C)CC=C2. The Hall–Kier alpha value is -1.57. The number of nitrogens with zero attached hydrogens (tertiary/aromatic N) is 2. The van der Waals surface area contributed by atoms with Crippen LogP contribution in [0, 0.1) is 0 Å². The number of rotatable bonds is 1. The molecule has 2 heteroatoms. The van der Waals surface area contributed by atoms with E-state index in [1.807, 2.05) is 12.1 Å². The largest absolute Gasteiger partial charge is 0.369 e. The van der Waals surface area contributed by atoms with Gasteiger partial charge in [0, 0.05) is 13.6 Å². The van der Waals surface area contributed by atoms with E-state index in [9.17, 15) is 0 Å². The number of aliphatic imine (C=N–C) groups is 1. The first-order valence-corrected chi connectivity index (χ1v) is 4.30. The molecule has 0 saturated heterocycles. The first-order valence-electron chi connectivity index (χ1n) is 4.30. The molecule has 0 bridgehead atoms. The van der Waals surface area contributed by atoms with E-state index in [-0.39, 0.29) is 0 Å². The molecule has 0 saturated carbocycles. The van der Waals surface area contributed by atoms with E-state index in [4.69, 9.17) is 0 Å². The summed E-state index contributed by atoms with van der Waals surface area (Å²) >= 11 is 0. The van der Waals surface area contributed by atoms with Crippen LogP contribution < -0.4 is 4.90 Å². The summed E-state index contributed by atoms with van der Waals surface area (Å²) in [5.41, 5.74) is 3.36. The van der Waals surface area contributed by atoms with Crippen molar-refractivity contribution in [3.8, 4) is 0 Å². The van der Waals surface area contributed by atoms with Crippen LogP contribution in [0.25, 0.3) is 6.08 Å². The zero-order chi connectivity index (χ0) is 9.26. The Morgan fingerprint density at radius 1 is 1.46 bits per heavy atom. The molecule has 2 nitrogen and oxygen atoms in total. The molecule has 1 aliphatic rings. The molecule has 66 valence electrons. The van der Waals surface area contributed by atoms with Crippen molar-refractivity contribution in [3.05, 3.63) is 29.8 Å². The highest BCUT2D eigenvalue weighted by atomic mass is 15.1. The predicted molar refractivity (Wildman–Crippen MR) is 58.0 cm³/mol. The highest BCUT2D eigenvalue weighted by molar-refractivity contribution is 5.81. The maximum Gasteiger partial charge on any atom is 0.0861 e. The van der Waals surface area contributed by atoms with Crippen molar-refractivity contribution in [2.45, 2.75) is 0 Å². The van der Waals surface area contributed by atoms with E-state index < -0.39 is 0 Å². The van der Waals surface area contributed by atoms with Crippen molar-refractivity contribution in [1.82, 2.24) is 0 Å². The maximum atomic E-state index is 4.01. The molecule has 13 heavy (non-hydrogen) atoms. The molecular weight excluding hydrogens is 160 g/mol. The van der Waals surface area contributed by atoms with E-state index in [2.05, 4.69) is 41.9 Å². The van der Waals surface area contributed by atoms with E-state index in [1.165, 1.54) is 11.3 Å². The van der Waals surface area contributed by atoms with E-state index in [1.54, 1.807) is 0 Å². The van der Waals surface area contributed by atoms with Gasteiger partial charge in [-0.25, -0.2) is 0 Å². The minimum Gasteiger partial charge on any atom is -0.369 e. The summed E-state index contributed by atoms with van der Waals surface area (Å²) in [7, 11) is 2.07. The number of hydrogen-bond donors (Lipinski definition) is 0. The topological polar surface area (TPSA) is 15.6 Å². The van der Waals surface area contributed by atoms with Crippen molar-refractivity contribution in [3.63, 3.8) is 0 Å². The molecular formula is C11H12N2. The normalized spacial score (nSPS) is 14.1. The van der Waals surface area contributed by atoms with Crippen LogP contribution in [-0.4, -0.2) is 20.3 Å². The van der Waals surface area contributed by atoms with Gasteiger partial charge in [0.25, 0.3) is 0 Å². The van der Waals surface area contributed by atoms with Gasteiger partial charge in [-0.1, -0.05) is 24.3 Å². The molecule has 1 aromatic rings. The van der Waals surface area contributed by atoms with E-state index in [0.717, 1.165) is 12.2 Å².